The Morgan fingerprint density at radius 2 is 1.86 bits per heavy atom. The number of amides is 1. The molecule has 3 rings (SSSR count). The van der Waals surface area contributed by atoms with Gasteiger partial charge in [0.15, 0.2) is 0 Å². The summed E-state index contributed by atoms with van der Waals surface area (Å²) < 4.78 is 13.6. The molecule has 1 N–H and O–H groups in total. The van der Waals surface area contributed by atoms with Crippen LogP contribution in [0.15, 0.2) is 24.3 Å². The molecular weight excluding hydrogens is 369 g/mol. The number of piperazine rings is 1. The molecule has 0 radical (unpaired) electrons. The van der Waals surface area contributed by atoms with Gasteiger partial charge in [-0.2, -0.15) is 0 Å². The highest BCUT2D eigenvalue weighted by Gasteiger charge is 2.21. The number of benzene rings is 1. The first-order valence-electron chi connectivity index (χ1n) is 10.2. The van der Waals surface area contributed by atoms with E-state index in [0.717, 1.165) is 49.1 Å². The summed E-state index contributed by atoms with van der Waals surface area (Å²) in [7, 11) is 0. The van der Waals surface area contributed by atoms with Crippen LogP contribution in [-0.4, -0.2) is 53.5 Å². The van der Waals surface area contributed by atoms with Crippen LogP contribution in [0.3, 0.4) is 0 Å². The number of hydrogen-bond donors (Lipinski definition) is 1. The first kappa shape index (κ1) is 21.2. The molecule has 2 aromatic rings. The van der Waals surface area contributed by atoms with Crippen molar-refractivity contribution in [3.8, 4) is 0 Å². The summed E-state index contributed by atoms with van der Waals surface area (Å²) in [6, 6.07) is 7.07. The van der Waals surface area contributed by atoms with Gasteiger partial charge in [-0.25, -0.2) is 14.4 Å². The molecule has 2 heterocycles. The quantitative estimate of drug-likeness (QED) is 0.809. The number of anilines is 1. The van der Waals surface area contributed by atoms with E-state index in [1.54, 1.807) is 13.0 Å². The van der Waals surface area contributed by atoms with Gasteiger partial charge in [0.1, 0.15) is 17.5 Å². The summed E-state index contributed by atoms with van der Waals surface area (Å²) in [5.41, 5.74) is 2.36. The first-order chi connectivity index (χ1) is 13.8. The smallest absolute Gasteiger partial charge is 0.234 e. The molecule has 1 fully saturated rings. The number of carbonyl (C=O) groups excluding carboxylic acids is 1. The number of carbonyl (C=O) groups is 1. The van der Waals surface area contributed by atoms with Gasteiger partial charge in [0.25, 0.3) is 0 Å². The maximum atomic E-state index is 13.6. The minimum absolute atomic E-state index is 0.0422. The van der Waals surface area contributed by atoms with E-state index < -0.39 is 0 Å². The summed E-state index contributed by atoms with van der Waals surface area (Å²) >= 11 is 0. The molecule has 1 saturated heterocycles. The highest BCUT2D eigenvalue weighted by atomic mass is 19.1. The predicted octanol–water partition coefficient (Wildman–Crippen LogP) is 2.79. The third-order valence-corrected chi connectivity index (χ3v) is 5.16. The molecule has 6 nitrogen and oxygen atoms in total. The molecule has 1 amide bonds. The minimum Gasteiger partial charge on any atom is -0.354 e. The fraction of sp³-hybridized carbons (Fsp3) is 0.500. The zero-order chi connectivity index (χ0) is 21.0. The lowest BCUT2D eigenvalue weighted by Crippen LogP contribution is -2.49. The Labute approximate surface area is 172 Å². The normalized spacial score (nSPS) is 15.0. The van der Waals surface area contributed by atoms with E-state index in [0.29, 0.717) is 24.6 Å². The monoisotopic (exact) mass is 399 g/mol. The summed E-state index contributed by atoms with van der Waals surface area (Å²) in [6.45, 7) is 11.9. The van der Waals surface area contributed by atoms with Crippen molar-refractivity contribution in [3.05, 3.63) is 52.7 Å². The second-order valence-electron chi connectivity index (χ2n) is 8.00. The van der Waals surface area contributed by atoms with E-state index in [9.17, 15) is 9.18 Å². The van der Waals surface area contributed by atoms with Crippen molar-refractivity contribution < 1.29 is 9.18 Å². The van der Waals surface area contributed by atoms with Crippen molar-refractivity contribution in [1.29, 1.82) is 0 Å². The van der Waals surface area contributed by atoms with E-state index in [-0.39, 0.29) is 11.7 Å². The molecule has 0 saturated carbocycles. The third-order valence-electron chi connectivity index (χ3n) is 5.16. The third kappa shape index (κ3) is 5.73. The number of halogens is 1. The lowest BCUT2D eigenvalue weighted by Gasteiger charge is -2.35. The Morgan fingerprint density at radius 1 is 1.14 bits per heavy atom. The largest absolute Gasteiger partial charge is 0.354 e. The summed E-state index contributed by atoms with van der Waals surface area (Å²) in [5.74, 6) is 1.84. The molecule has 156 valence electrons. The number of rotatable bonds is 6. The van der Waals surface area contributed by atoms with E-state index in [2.05, 4.69) is 33.9 Å². The van der Waals surface area contributed by atoms with Crippen molar-refractivity contribution >= 4 is 11.7 Å². The van der Waals surface area contributed by atoms with Gasteiger partial charge in [-0.1, -0.05) is 26.0 Å². The van der Waals surface area contributed by atoms with Crippen molar-refractivity contribution in [2.75, 3.05) is 37.6 Å². The average Bonchev–Trinajstić information content (AvgIpc) is 2.69. The lowest BCUT2D eigenvalue weighted by molar-refractivity contribution is -0.122. The molecule has 1 aliphatic rings. The predicted molar refractivity (Wildman–Crippen MR) is 112 cm³/mol. The number of aromatic nitrogens is 2. The standard InChI is InChI=1S/C22H30FN5O/c1-15(2)22-25-17(4)11-20(26-22)28-9-7-27(8-10-28)14-21(29)24-13-18-6-5-16(3)19(23)12-18/h5-6,11-12,15H,7-10,13-14H2,1-4H3,(H,24,29). The van der Waals surface area contributed by atoms with Gasteiger partial charge in [0.2, 0.25) is 5.91 Å². The summed E-state index contributed by atoms with van der Waals surface area (Å²) in [4.78, 5) is 25.9. The van der Waals surface area contributed by atoms with Gasteiger partial charge in [0.05, 0.1) is 6.54 Å². The van der Waals surface area contributed by atoms with Gasteiger partial charge >= 0.3 is 0 Å². The Kier molecular flexibility index (Phi) is 6.79. The fourth-order valence-corrected chi connectivity index (χ4v) is 3.34. The molecule has 1 aromatic heterocycles. The Bertz CT molecular complexity index is 862. The number of nitrogens with zero attached hydrogens (tertiary/aromatic N) is 4. The molecule has 0 unspecified atom stereocenters. The number of nitrogens with one attached hydrogen (secondary N) is 1. The molecule has 0 spiro atoms. The van der Waals surface area contributed by atoms with Crippen LogP contribution in [0.1, 0.15) is 42.4 Å². The molecule has 29 heavy (non-hydrogen) atoms. The van der Waals surface area contributed by atoms with Crippen molar-refractivity contribution in [2.45, 2.75) is 40.2 Å². The van der Waals surface area contributed by atoms with Crippen molar-refractivity contribution in [3.63, 3.8) is 0 Å². The zero-order valence-electron chi connectivity index (χ0n) is 17.7. The van der Waals surface area contributed by atoms with Crippen LogP contribution in [-0.2, 0) is 11.3 Å². The second kappa shape index (κ2) is 9.31. The number of hydrogen-bond acceptors (Lipinski definition) is 5. The Hall–Kier alpha value is -2.54. The first-order valence-corrected chi connectivity index (χ1v) is 10.2. The van der Waals surface area contributed by atoms with E-state index in [1.165, 1.54) is 6.07 Å². The average molecular weight is 400 g/mol. The van der Waals surface area contributed by atoms with Crippen LogP contribution < -0.4 is 10.2 Å². The minimum atomic E-state index is -0.242. The summed E-state index contributed by atoms with van der Waals surface area (Å²) in [6.07, 6.45) is 0. The van der Waals surface area contributed by atoms with Gasteiger partial charge in [-0.3, -0.25) is 9.69 Å². The molecule has 0 bridgehead atoms. The highest BCUT2D eigenvalue weighted by Crippen LogP contribution is 2.18. The second-order valence-corrected chi connectivity index (χ2v) is 8.00. The van der Waals surface area contributed by atoms with Crippen LogP contribution in [0.5, 0.6) is 0 Å². The molecule has 0 aliphatic carbocycles. The fourth-order valence-electron chi connectivity index (χ4n) is 3.34. The number of aryl methyl sites for hydroxylation is 2. The highest BCUT2D eigenvalue weighted by molar-refractivity contribution is 5.78. The molecule has 1 aromatic carbocycles. The Balaban J connectivity index is 1.48. The lowest BCUT2D eigenvalue weighted by atomic mass is 10.1. The van der Waals surface area contributed by atoms with Crippen molar-refractivity contribution in [1.82, 2.24) is 20.2 Å². The van der Waals surface area contributed by atoms with Crippen LogP contribution >= 0.6 is 0 Å². The maximum absolute atomic E-state index is 13.6. The van der Waals surface area contributed by atoms with Gasteiger partial charge in [0, 0.05) is 50.4 Å². The van der Waals surface area contributed by atoms with Crippen LogP contribution in [0.25, 0.3) is 0 Å². The zero-order valence-corrected chi connectivity index (χ0v) is 17.7. The van der Waals surface area contributed by atoms with Crippen molar-refractivity contribution in [2.24, 2.45) is 0 Å². The SMILES string of the molecule is Cc1cc(N2CCN(CC(=O)NCc3ccc(C)c(F)c3)CC2)nc(C(C)C)n1. The molecule has 0 atom stereocenters. The molecule has 1 aliphatic heterocycles. The van der Waals surface area contributed by atoms with Crippen LogP contribution in [0.4, 0.5) is 10.2 Å². The van der Waals surface area contributed by atoms with Gasteiger partial charge in [-0.15, -0.1) is 0 Å². The van der Waals surface area contributed by atoms with Gasteiger partial charge in [-0.05, 0) is 31.0 Å². The maximum Gasteiger partial charge on any atom is 0.234 e. The van der Waals surface area contributed by atoms with Crippen LogP contribution in [0, 0.1) is 19.7 Å². The van der Waals surface area contributed by atoms with E-state index in [4.69, 9.17) is 4.98 Å². The molecule has 7 heteroatoms. The van der Waals surface area contributed by atoms with E-state index >= 15 is 0 Å². The van der Waals surface area contributed by atoms with Crippen LogP contribution in [0.2, 0.25) is 0 Å². The summed E-state index contributed by atoms with van der Waals surface area (Å²) in [5, 5.41) is 2.88. The molecular formula is C22H30FN5O. The van der Waals surface area contributed by atoms with Gasteiger partial charge < -0.3 is 10.2 Å². The Morgan fingerprint density at radius 3 is 2.52 bits per heavy atom. The topological polar surface area (TPSA) is 61.4 Å². The van der Waals surface area contributed by atoms with E-state index in [1.807, 2.05) is 19.1 Å².